The number of nitrogens with one attached hydrogen (secondary N) is 1. The molecule has 1 aromatic heterocycles. The van der Waals surface area contributed by atoms with E-state index < -0.39 is 0 Å². The Bertz CT molecular complexity index is 438. The highest BCUT2D eigenvalue weighted by Gasteiger charge is 2.27. The maximum atomic E-state index is 9.69. The van der Waals surface area contributed by atoms with Crippen molar-refractivity contribution in [2.24, 2.45) is 7.05 Å². The van der Waals surface area contributed by atoms with E-state index in [4.69, 9.17) is 0 Å². The molecule has 5 heteroatoms. The lowest BCUT2D eigenvalue weighted by Gasteiger charge is -2.20. The fraction of sp³-hybridized carbons (Fsp3) is 0.769. The SMILES string of the molecule is Cc1nn(C)c(N2CCC(O)C2)c1CNC1CC1. The number of aryl methyl sites for hydroxylation is 2. The van der Waals surface area contributed by atoms with Gasteiger partial charge in [-0.2, -0.15) is 5.10 Å². The summed E-state index contributed by atoms with van der Waals surface area (Å²) in [6.45, 7) is 4.62. The maximum Gasteiger partial charge on any atom is 0.131 e. The lowest BCUT2D eigenvalue weighted by molar-refractivity contribution is 0.198. The van der Waals surface area contributed by atoms with E-state index in [1.54, 1.807) is 0 Å². The first-order chi connectivity index (χ1) is 8.65. The van der Waals surface area contributed by atoms with Crippen LogP contribution in [-0.4, -0.2) is 40.1 Å². The Morgan fingerprint density at radius 3 is 2.78 bits per heavy atom. The summed E-state index contributed by atoms with van der Waals surface area (Å²) >= 11 is 0. The monoisotopic (exact) mass is 250 g/mol. The molecule has 2 N–H and O–H groups in total. The van der Waals surface area contributed by atoms with Crippen molar-refractivity contribution < 1.29 is 5.11 Å². The summed E-state index contributed by atoms with van der Waals surface area (Å²) in [5.74, 6) is 1.18. The molecule has 0 amide bonds. The van der Waals surface area contributed by atoms with Crippen molar-refractivity contribution >= 4 is 5.82 Å². The smallest absolute Gasteiger partial charge is 0.131 e. The number of aromatic nitrogens is 2. The zero-order chi connectivity index (χ0) is 12.7. The van der Waals surface area contributed by atoms with E-state index in [1.165, 1.54) is 24.2 Å². The molecule has 1 aliphatic heterocycles. The van der Waals surface area contributed by atoms with Gasteiger partial charge >= 0.3 is 0 Å². The van der Waals surface area contributed by atoms with Crippen molar-refractivity contribution in [3.8, 4) is 0 Å². The van der Waals surface area contributed by atoms with E-state index in [0.29, 0.717) is 6.04 Å². The van der Waals surface area contributed by atoms with Gasteiger partial charge in [0.2, 0.25) is 0 Å². The predicted molar refractivity (Wildman–Crippen MR) is 70.6 cm³/mol. The van der Waals surface area contributed by atoms with Crippen molar-refractivity contribution in [3.05, 3.63) is 11.3 Å². The van der Waals surface area contributed by atoms with Gasteiger partial charge in [0, 0.05) is 38.3 Å². The van der Waals surface area contributed by atoms with Crippen molar-refractivity contribution in [2.75, 3.05) is 18.0 Å². The summed E-state index contributed by atoms with van der Waals surface area (Å²) < 4.78 is 1.96. The highest BCUT2D eigenvalue weighted by atomic mass is 16.3. The maximum absolute atomic E-state index is 9.69. The van der Waals surface area contributed by atoms with E-state index in [1.807, 2.05) is 11.7 Å². The van der Waals surface area contributed by atoms with E-state index in [9.17, 15) is 5.11 Å². The van der Waals surface area contributed by atoms with Crippen molar-refractivity contribution in [2.45, 2.75) is 44.9 Å². The fourth-order valence-electron chi connectivity index (χ4n) is 2.76. The lowest BCUT2D eigenvalue weighted by atomic mass is 10.2. The van der Waals surface area contributed by atoms with Crippen LogP contribution >= 0.6 is 0 Å². The van der Waals surface area contributed by atoms with Crippen LogP contribution in [0.3, 0.4) is 0 Å². The number of hydrogen-bond acceptors (Lipinski definition) is 4. The molecule has 18 heavy (non-hydrogen) atoms. The highest BCUT2D eigenvalue weighted by Crippen LogP contribution is 2.28. The largest absolute Gasteiger partial charge is 0.391 e. The standard InChI is InChI=1S/C13H22N4O/c1-9-12(7-14-10-3-4-10)13(16(2)15-9)17-6-5-11(18)8-17/h10-11,14,18H,3-8H2,1-2H3. The molecular weight excluding hydrogens is 228 g/mol. The first-order valence-corrected chi connectivity index (χ1v) is 6.84. The summed E-state index contributed by atoms with van der Waals surface area (Å²) in [7, 11) is 1.99. The van der Waals surface area contributed by atoms with Gasteiger partial charge in [-0.05, 0) is 26.2 Å². The zero-order valence-electron chi connectivity index (χ0n) is 11.2. The Balaban J connectivity index is 1.81. The molecule has 1 saturated carbocycles. The minimum absolute atomic E-state index is 0.190. The van der Waals surface area contributed by atoms with E-state index in [-0.39, 0.29) is 6.10 Å². The van der Waals surface area contributed by atoms with Crippen LogP contribution in [-0.2, 0) is 13.6 Å². The second-order valence-electron chi connectivity index (χ2n) is 5.55. The molecule has 1 unspecified atom stereocenters. The van der Waals surface area contributed by atoms with Gasteiger partial charge in [0.05, 0.1) is 11.8 Å². The summed E-state index contributed by atoms with van der Waals surface area (Å²) in [4.78, 5) is 2.26. The summed E-state index contributed by atoms with van der Waals surface area (Å²) in [5, 5.41) is 17.8. The summed E-state index contributed by atoms with van der Waals surface area (Å²) in [6.07, 6.45) is 3.28. The van der Waals surface area contributed by atoms with Gasteiger partial charge in [-0.1, -0.05) is 0 Å². The van der Waals surface area contributed by atoms with Crippen LogP contribution in [0.25, 0.3) is 0 Å². The lowest BCUT2D eigenvalue weighted by Crippen LogP contribution is -2.26. The van der Waals surface area contributed by atoms with Crippen LogP contribution in [0.1, 0.15) is 30.5 Å². The number of nitrogens with zero attached hydrogens (tertiary/aromatic N) is 3. The van der Waals surface area contributed by atoms with Gasteiger partial charge in [-0.15, -0.1) is 0 Å². The topological polar surface area (TPSA) is 53.3 Å². The minimum atomic E-state index is -0.190. The molecule has 3 rings (SSSR count). The Morgan fingerprint density at radius 2 is 2.17 bits per heavy atom. The van der Waals surface area contributed by atoms with Gasteiger partial charge in [0.15, 0.2) is 0 Å². The molecule has 0 aromatic carbocycles. The summed E-state index contributed by atoms with van der Waals surface area (Å²) in [5.41, 5.74) is 2.39. The van der Waals surface area contributed by atoms with Crippen LogP contribution in [0.5, 0.6) is 0 Å². The third kappa shape index (κ3) is 2.24. The van der Waals surface area contributed by atoms with Crippen LogP contribution in [0.15, 0.2) is 0 Å². The fourth-order valence-corrected chi connectivity index (χ4v) is 2.76. The molecule has 1 aliphatic carbocycles. The molecule has 5 nitrogen and oxygen atoms in total. The number of rotatable bonds is 4. The zero-order valence-corrected chi connectivity index (χ0v) is 11.2. The van der Waals surface area contributed by atoms with Gasteiger partial charge in [-0.25, -0.2) is 0 Å². The molecule has 1 saturated heterocycles. The van der Waals surface area contributed by atoms with Crippen molar-refractivity contribution in [1.82, 2.24) is 15.1 Å². The van der Waals surface area contributed by atoms with Crippen molar-refractivity contribution in [1.29, 1.82) is 0 Å². The van der Waals surface area contributed by atoms with E-state index >= 15 is 0 Å². The number of aliphatic hydroxyl groups is 1. The molecule has 1 atom stereocenters. The second-order valence-corrected chi connectivity index (χ2v) is 5.55. The van der Waals surface area contributed by atoms with E-state index in [2.05, 4.69) is 22.2 Å². The number of hydrogen-bond donors (Lipinski definition) is 2. The highest BCUT2D eigenvalue weighted by molar-refractivity contribution is 5.51. The van der Waals surface area contributed by atoms with Crippen LogP contribution in [0.4, 0.5) is 5.82 Å². The second kappa shape index (κ2) is 4.55. The molecule has 100 valence electrons. The van der Waals surface area contributed by atoms with Gasteiger partial charge < -0.3 is 15.3 Å². The average Bonchev–Trinajstić information content (AvgIpc) is 2.98. The molecule has 0 radical (unpaired) electrons. The Hall–Kier alpha value is -1.07. The third-order valence-corrected chi connectivity index (χ3v) is 3.92. The minimum Gasteiger partial charge on any atom is -0.391 e. The normalized spacial score (nSPS) is 23.9. The van der Waals surface area contributed by atoms with E-state index in [0.717, 1.165) is 31.7 Å². The van der Waals surface area contributed by atoms with Crippen LogP contribution in [0, 0.1) is 6.92 Å². The predicted octanol–water partition coefficient (Wildman–Crippen LogP) is 0.552. The van der Waals surface area contributed by atoms with Gasteiger partial charge in [0.1, 0.15) is 5.82 Å². The number of β-amino-alcohol motifs (C(OH)–C–C–N with tert-alkyl or cyclic N) is 1. The molecule has 0 spiro atoms. The Morgan fingerprint density at radius 1 is 1.39 bits per heavy atom. The Labute approximate surface area is 108 Å². The summed E-state index contributed by atoms with van der Waals surface area (Å²) in [6, 6.07) is 0.710. The van der Waals surface area contributed by atoms with Gasteiger partial charge in [0.25, 0.3) is 0 Å². The molecule has 0 bridgehead atoms. The quantitative estimate of drug-likeness (QED) is 0.819. The molecular formula is C13H22N4O. The molecule has 2 heterocycles. The molecule has 2 fully saturated rings. The van der Waals surface area contributed by atoms with Gasteiger partial charge in [-0.3, -0.25) is 4.68 Å². The van der Waals surface area contributed by atoms with Crippen LogP contribution in [0.2, 0.25) is 0 Å². The average molecular weight is 250 g/mol. The third-order valence-electron chi connectivity index (χ3n) is 3.92. The number of anilines is 1. The number of aliphatic hydroxyl groups excluding tert-OH is 1. The molecule has 2 aliphatic rings. The first kappa shape index (κ1) is 12.0. The molecule has 1 aromatic rings. The van der Waals surface area contributed by atoms with Crippen LogP contribution < -0.4 is 10.2 Å². The Kier molecular flexibility index (Phi) is 3.03. The first-order valence-electron chi connectivity index (χ1n) is 6.84. The van der Waals surface area contributed by atoms with Crippen molar-refractivity contribution in [3.63, 3.8) is 0 Å².